The number of nitrogens with zero attached hydrogens (tertiary/aromatic N) is 4. The molecular formula is C20H27N5O. The quantitative estimate of drug-likeness (QED) is 0.807. The summed E-state index contributed by atoms with van der Waals surface area (Å²) in [5.41, 5.74) is 1.60. The van der Waals surface area contributed by atoms with Gasteiger partial charge in [-0.15, -0.1) is 0 Å². The van der Waals surface area contributed by atoms with Gasteiger partial charge in [-0.25, -0.2) is 9.97 Å². The Morgan fingerprint density at radius 1 is 1.12 bits per heavy atom. The van der Waals surface area contributed by atoms with Gasteiger partial charge in [-0.2, -0.15) is 0 Å². The first-order valence-corrected chi connectivity index (χ1v) is 9.46. The van der Waals surface area contributed by atoms with E-state index < -0.39 is 0 Å². The van der Waals surface area contributed by atoms with Gasteiger partial charge in [0.2, 0.25) is 5.95 Å². The third-order valence-corrected chi connectivity index (χ3v) is 4.90. The number of anilines is 1. The molecule has 2 aromatic rings. The fraction of sp³-hybridized carbons (Fsp3) is 0.500. The maximum Gasteiger partial charge on any atom is 0.272 e. The molecular weight excluding hydrogens is 326 g/mol. The van der Waals surface area contributed by atoms with Crippen LogP contribution in [0.4, 0.5) is 5.95 Å². The van der Waals surface area contributed by atoms with Gasteiger partial charge in [0, 0.05) is 38.2 Å². The summed E-state index contributed by atoms with van der Waals surface area (Å²) < 4.78 is 0. The molecule has 2 aromatic heterocycles. The third-order valence-electron chi connectivity index (χ3n) is 4.90. The van der Waals surface area contributed by atoms with Crippen LogP contribution >= 0.6 is 0 Å². The van der Waals surface area contributed by atoms with E-state index in [9.17, 15) is 4.79 Å². The Balaban J connectivity index is 1.58. The first kappa shape index (κ1) is 18.3. The van der Waals surface area contributed by atoms with Crippen LogP contribution < -0.4 is 5.32 Å². The highest BCUT2D eigenvalue weighted by atomic mass is 16.2. The highest BCUT2D eigenvalue weighted by Crippen LogP contribution is 2.19. The number of carbonyl (C=O) groups is 1. The van der Waals surface area contributed by atoms with Crippen molar-refractivity contribution in [2.75, 3.05) is 18.9 Å². The molecule has 1 saturated carbocycles. The van der Waals surface area contributed by atoms with Crippen LogP contribution in [-0.2, 0) is 6.42 Å². The van der Waals surface area contributed by atoms with Gasteiger partial charge < -0.3 is 10.2 Å². The van der Waals surface area contributed by atoms with Crippen LogP contribution in [0.1, 0.15) is 54.6 Å². The number of rotatable bonds is 6. The number of nitrogens with one attached hydrogen (secondary N) is 1. The number of pyridine rings is 1. The zero-order valence-electron chi connectivity index (χ0n) is 15.4. The third kappa shape index (κ3) is 5.25. The largest absolute Gasteiger partial charge is 0.351 e. The van der Waals surface area contributed by atoms with Crippen molar-refractivity contribution in [2.45, 2.75) is 51.0 Å². The van der Waals surface area contributed by atoms with Crippen molar-refractivity contribution in [3.05, 3.63) is 48.0 Å². The lowest BCUT2D eigenvalue weighted by Gasteiger charge is -2.18. The van der Waals surface area contributed by atoms with Crippen LogP contribution in [0, 0.1) is 0 Å². The molecule has 0 radical (unpaired) electrons. The molecule has 0 bridgehead atoms. The minimum Gasteiger partial charge on any atom is -0.351 e. The molecule has 3 rings (SSSR count). The molecule has 1 aliphatic rings. The molecule has 0 atom stereocenters. The minimum absolute atomic E-state index is 0.0784. The SMILES string of the molecule is CN(CCc1ccncc1)C(=O)c1ccnc(NC2CCCCCC2)n1. The number of hydrogen-bond donors (Lipinski definition) is 1. The average molecular weight is 353 g/mol. The van der Waals surface area contributed by atoms with Gasteiger partial charge in [0.05, 0.1) is 0 Å². The molecule has 1 aliphatic carbocycles. The molecule has 0 unspecified atom stereocenters. The number of likely N-dealkylation sites (N-methyl/N-ethyl adjacent to an activating group) is 1. The van der Waals surface area contributed by atoms with Crippen molar-refractivity contribution in [3.63, 3.8) is 0 Å². The maximum atomic E-state index is 12.7. The van der Waals surface area contributed by atoms with Crippen molar-refractivity contribution in [2.24, 2.45) is 0 Å². The lowest BCUT2D eigenvalue weighted by molar-refractivity contribution is 0.0791. The van der Waals surface area contributed by atoms with E-state index in [0.29, 0.717) is 24.2 Å². The van der Waals surface area contributed by atoms with Crippen molar-refractivity contribution in [1.82, 2.24) is 19.9 Å². The van der Waals surface area contributed by atoms with E-state index in [-0.39, 0.29) is 5.91 Å². The number of aromatic nitrogens is 3. The smallest absolute Gasteiger partial charge is 0.272 e. The summed E-state index contributed by atoms with van der Waals surface area (Å²) >= 11 is 0. The zero-order chi connectivity index (χ0) is 18.2. The standard InChI is InChI=1S/C20H27N5O/c1-25(15-11-16-8-12-21-13-9-16)19(26)18-10-14-22-20(24-18)23-17-6-4-2-3-5-7-17/h8-10,12-14,17H,2-7,11,15H2,1H3,(H,22,23,24). The van der Waals surface area contributed by atoms with E-state index in [4.69, 9.17) is 0 Å². The summed E-state index contributed by atoms with van der Waals surface area (Å²) in [5.74, 6) is 0.482. The van der Waals surface area contributed by atoms with Crippen LogP contribution in [-0.4, -0.2) is 45.4 Å². The summed E-state index contributed by atoms with van der Waals surface area (Å²) in [6.07, 6.45) is 13.4. The monoisotopic (exact) mass is 353 g/mol. The predicted molar refractivity (Wildman–Crippen MR) is 102 cm³/mol. The van der Waals surface area contributed by atoms with Gasteiger partial charge in [0.25, 0.3) is 5.91 Å². The Bertz CT molecular complexity index is 698. The number of amides is 1. The van der Waals surface area contributed by atoms with E-state index in [0.717, 1.165) is 24.8 Å². The van der Waals surface area contributed by atoms with E-state index >= 15 is 0 Å². The van der Waals surface area contributed by atoms with E-state index in [1.165, 1.54) is 25.7 Å². The van der Waals surface area contributed by atoms with Gasteiger partial charge in [-0.1, -0.05) is 25.7 Å². The van der Waals surface area contributed by atoms with Gasteiger partial charge in [-0.05, 0) is 43.0 Å². The molecule has 2 heterocycles. The lowest BCUT2D eigenvalue weighted by Crippen LogP contribution is -2.30. The van der Waals surface area contributed by atoms with Crippen LogP contribution in [0.25, 0.3) is 0 Å². The number of carbonyl (C=O) groups excluding carboxylic acids is 1. The molecule has 26 heavy (non-hydrogen) atoms. The summed E-state index contributed by atoms with van der Waals surface area (Å²) in [5, 5.41) is 3.41. The van der Waals surface area contributed by atoms with Crippen molar-refractivity contribution in [3.8, 4) is 0 Å². The molecule has 138 valence electrons. The molecule has 0 spiro atoms. The Morgan fingerprint density at radius 2 is 1.85 bits per heavy atom. The Hall–Kier alpha value is -2.50. The molecule has 6 nitrogen and oxygen atoms in total. The summed E-state index contributed by atoms with van der Waals surface area (Å²) in [4.78, 5) is 27.1. The predicted octanol–water partition coefficient (Wildman–Crippen LogP) is 3.32. The highest BCUT2D eigenvalue weighted by Gasteiger charge is 2.16. The summed E-state index contributed by atoms with van der Waals surface area (Å²) in [6.45, 7) is 0.637. The molecule has 1 fully saturated rings. The van der Waals surface area contributed by atoms with E-state index in [2.05, 4.69) is 20.3 Å². The second-order valence-electron chi connectivity index (χ2n) is 6.93. The van der Waals surface area contributed by atoms with E-state index in [1.54, 1.807) is 29.6 Å². The van der Waals surface area contributed by atoms with Crippen LogP contribution in [0.2, 0.25) is 0 Å². The Kier molecular flexibility index (Phi) is 6.52. The Morgan fingerprint density at radius 3 is 2.58 bits per heavy atom. The maximum absolute atomic E-state index is 12.7. The fourth-order valence-corrected chi connectivity index (χ4v) is 3.30. The molecule has 1 amide bonds. The first-order chi connectivity index (χ1) is 12.7. The molecule has 6 heteroatoms. The van der Waals surface area contributed by atoms with Gasteiger partial charge >= 0.3 is 0 Å². The molecule has 0 saturated heterocycles. The minimum atomic E-state index is -0.0784. The fourth-order valence-electron chi connectivity index (χ4n) is 3.30. The van der Waals surface area contributed by atoms with Crippen LogP contribution in [0.5, 0.6) is 0 Å². The summed E-state index contributed by atoms with van der Waals surface area (Å²) in [6, 6.07) is 6.03. The lowest BCUT2D eigenvalue weighted by atomic mass is 10.1. The van der Waals surface area contributed by atoms with Gasteiger partial charge in [0.15, 0.2) is 0 Å². The normalized spacial score (nSPS) is 15.3. The second kappa shape index (κ2) is 9.27. The van der Waals surface area contributed by atoms with Crippen molar-refractivity contribution < 1.29 is 4.79 Å². The van der Waals surface area contributed by atoms with Crippen molar-refractivity contribution >= 4 is 11.9 Å². The zero-order valence-corrected chi connectivity index (χ0v) is 15.4. The molecule has 0 aliphatic heterocycles. The van der Waals surface area contributed by atoms with Gasteiger partial charge in [-0.3, -0.25) is 9.78 Å². The highest BCUT2D eigenvalue weighted by molar-refractivity contribution is 5.92. The summed E-state index contributed by atoms with van der Waals surface area (Å²) in [7, 11) is 1.81. The molecule has 1 N–H and O–H groups in total. The van der Waals surface area contributed by atoms with Crippen molar-refractivity contribution in [1.29, 1.82) is 0 Å². The van der Waals surface area contributed by atoms with Gasteiger partial charge in [0.1, 0.15) is 5.69 Å². The molecule has 0 aromatic carbocycles. The first-order valence-electron chi connectivity index (χ1n) is 9.46. The second-order valence-corrected chi connectivity index (χ2v) is 6.93. The van der Waals surface area contributed by atoms with Crippen LogP contribution in [0.15, 0.2) is 36.8 Å². The van der Waals surface area contributed by atoms with E-state index in [1.807, 2.05) is 19.2 Å². The average Bonchev–Trinajstić information content (AvgIpc) is 2.95. The number of hydrogen-bond acceptors (Lipinski definition) is 5. The Labute approximate surface area is 155 Å². The topological polar surface area (TPSA) is 71.0 Å². The van der Waals surface area contributed by atoms with Crippen LogP contribution in [0.3, 0.4) is 0 Å².